The number of nitrogens with zero attached hydrogens (tertiary/aromatic N) is 1. The Balaban J connectivity index is 2.11. The van der Waals surface area contributed by atoms with E-state index in [4.69, 9.17) is 0 Å². The Labute approximate surface area is 120 Å². The van der Waals surface area contributed by atoms with Crippen LogP contribution in [0.5, 0.6) is 0 Å². The van der Waals surface area contributed by atoms with Gasteiger partial charge in [0.05, 0.1) is 6.04 Å². The van der Waals surface area contributed by atoms with Gasteiger partial charge in [-0.2, -0.15) is 0 Å². The van der Waals surface area contributed by atoms with Gasteiger partial charge in [0.1, 0.15) is 6.17 Å². The maximum Gasteiger partial charge on any atom is 0.241 e. The largest absolute Gasteiger partial charge is 0.320 e. The van der Waals surface area contributed by atoms with E-state index < -0.39 is 10.8 Å². The molecule has 1 aromatic heterocycles. The van der Waals surface area contributed by atoms with Crippen molar-refractivity contribution in [2.75, 3.05) is 18.1 Å². The highest BCUT2D eigenvalue weighted by Gasteiger charge is 2.38. The maximum absolute atomic E-state index is 12.3. The van der Waals surface area contributed by atoms with Crippen molar-refractivity contribution in [3.63, 3.8) is 0 Å². The standard InChI is InChI=1S/C13H20N2O2S2/c1-3-10-13(16)15(7-9-19(17)4-2)12(14-10)11-6-5-8-18-11/h5-6,8,10,12,14H,3-4,7,9H2,1-2H3. The van der Waals surface area contributed by atoms with Crippen LogP contribution in [0.15, 0.2) is 17.5 Å². The molecule has 0 radical (unpaired) electrons. The number of rotatable bonds is 6. The minimum atomic E-state index is -0.831. The van der Waals surface area contributed by atoms with Crippen molar-refractivity contribution < 1.29 is 9.00 Å². The Hall–Kier alpha value is -0.720. The number of hydrogen-bond acceptors (Lipinski definition) is 4. The molecule has 1 aromatic rings. The molecule has 1 saturated heterocycles. The van der Waals surface area contributed by atoms with Gasteiger partial charge in [0.2, 0.25) is 5.91 Å². The van der Waals surface area contributed by atoms with Crippen LogP contribution in [0, 0.1) is 0 Å². The molecule has 1 fully saturated rings. The molecule has 2 heterocycles. The molecule has 4 nitrogen and oxygen atoms in total. The number of thiophene rings is 1. The molecule has 0 aliphatic carbocycles. The molecule has 1 aliphatic heterocycles. The van der Waals surface area contributed by atoms with Crippen molar-refractivity contribution in [1.82, 2.24) is 10.2 Å². The Morgan fingerprint density at radius 3 is 2.84 bits per heavy atom. The topological polar surface area (TPSA) is 49.4 Å². The second-order valence-corrected chi connectivity index (χ2v) is 7.35. The number of amides is 1. The van der Waals surface area contributed by atoms with Crippen molar-refractivity contribution in [2.45, 2.75) is 32.5 Å². The van der Waals surface area contributed by atoms with Gasteiger partial charge in [-0.1, -0.05) is 19.9 Å². The summed E-state index contributed by atoms with van der Waals surface area (Å²) in [5.41, 5.74) is 0. The normalized spacial score (nSPS) is 24.9. The van der Waals surface area contributed by atoms with Gasteiger partial charge in [-0.25, -0.2) is 0 Å². The van der Waals surface area contributed by atoms with E-state index in [-0.39, 0.29) is 18.1 Å². The van der Waals surface area contributed by atoms with Crippen molar-refractivity contribution >= 4 is 28.0 Å². The van der Waals surface area contributed by atoms with E-state index in [9.17, 15) is 9.00 Å². The quantitative estimate of drug-likeness (QED) is 0.870. The highest BCUT2D eigenvalue weighted by molar-refractivity contribution is 7.84. The van der Waals surface area contributed by atoms with Crippen molar-refractivity contribution in [2.24, 2.45) is 0 Å². The lowest BCUT2D eigenvalue weighted by atomic mass is 10.2. The van der Waals surface area contributed by atoms with Crippen LogP contribution in [-0.2, 0) is 15.6 Å². The van der Waals surface area contributed by atoms with Crippen LogP contribution in [0.3, 0.4) is 0 Å². The fourth-order valence-corrected chi connectivity index (χ4v) is 3.72. The molecule has 3 unspecified atom stereocenters. The summed E-state index contributed by atoms with van der Waals surface area (Å²) in [6.45, 7) is 4.48. The summed E-state index contributed by atoms with van der Waals surface area (Å²) in [4.78, 5) is 15.3. The summed E-state index contributed by atoms with van der Waals surface area (Å²) in [5.74, 6) is 1.34. The second-order valence-electron chi connectivity index (χ2n) is 4.51. The average molecular weight is 300 g/mol. The van der Waals surface area contributed by atoms with E-state index in [0.717, 1.165) is 11.3 Å². The van der Waals surface area contributed by atoms with E-state index in [2.05, 4.69) is 5.32 Å². The van der Waals surface area contributed by atoms with Gasteiger partial charge >= 0.3 is 0 Å². The minimum Gasteiger partial charge on any atom is -0.320 e. The summed E-state index contributed by atoms with van der Waals surface area (Å²) in [6, 6.07) is 3.92. The Bertz CT molecular complexity index is 448. The fraction of sp³-hybridized carbons (Fsp3) is 0.615. The first-order chi connectivity index (χ1) is 9.17. The Kier molecular flexibility index (Phi) is 5.13. The lowest BCUT2D eigenvalue weighted by Crippen LogP contribution is -2.34. The number of carbonyl (C=O) groups is 1. The van der Waals surface area contributed by atoms with E-state index in [1.807, 2.05) is 36.3 Å². The van der Waals surface area contributed by atoms with Crippen molar-refractivity contribution in [3.05, 3.63) is 22.4 Å². The van der Waals surface area contributed by atoms with Crippen LogP contribution in [0.1, 0.15) is 31.3 Å². The third kappa shape index (κ3) is 3.24. The lowest BCUT2D eigenvalue weighted by Gasteiger charge is -2.23. The van der Waals surface area contributed by atoms with E-state index >= 15 is 0 Å². The summed E-state index contributed by atoms with van der Waals surface area (Å²) in [6.07, 6.45) is 0.736. The molecule has 0 aromatic carbocycles. The summed E-state index contributed by atoms with van der Waals surface area (Å²) < 4.78 is 11.6. The molecule has 3 atom stereocenters. The van der Waals surface area contributed by atoms with E-state index in [1.54, 1.807) is 11.3 Å². The molecule has 19 heavy (non-hydrogen) atoms. The SMILES string of the molecule is CCC1NC(c2cccs2)N(CCS(=O)CC)C1=O. The minimum absolute atomic E-state index is 0.0497. The molecule has 1 aliphatic rings. The first kappa shape index (κ1) is 14.7. The monoisotopic (exact) mass is 300 g/mol. The highest BCUT2D eigenvalue weighted by Crippen LogP contribution is 2.29. The zero-order valence-corrected chi connectivity index (χ0v) is 12.9. The smallest absolute Gasteiger partial charge is 0.241 e. The zero-order chi connectivity index (χ0) is 13.8. The highest BCUT2D eigenvalue weighted by atomic mass is 32.2. The fourth-order valence-electron chi connectivity index (χ4n) is 2.24. The van der Waals surface area contributed by atoms with Gasteiger partial charge in [0, 0.05) is 33.7 Å². The molecule has 1 N–H and O–H groups in total. The molecule has 6 heteroatoms. The van der Waals surface area contributed by atoms with Crippen LogP contribution < -0.4 is 5.32 Å². The van der Waals surface area contributed by atoms with E-state index in [1.165, 1.54) is 0 Å². The second kappa shape index (κ2) is 6.63. The van der Waals surface area contributed by atoms with Gasteiger partial charge in [0.25, 0.3) is 0 Å². The summed E-state index contributed by atoms with van der Waals surface area (Å²) in [7, 11) is -0.831. The van der Waals surface area contributed by atoms with Crippen LogP contribution in [0.2, 0.25) is 0 Å². The zero-order valence-electron chi connectivity index (χ0n) is 11.3. The van der Waals surface area contributed by atoms with Gasteiger partial charge < -0.3 is 4.90 Å². The molecule has 0 spiro atoms. The molecular formula is C13H20N2O2S2. The van der Waals surface area contributed by atoms with E-state index in [0.29, 0.717) is 18.1 Å². The first-order valence-electron chi connectivity index (χ1n) is 6.62. The van der Waals surface area contributed by atoms with Gasteiger partial charge in [-0.05, 0) is 17.9 Å². The first-order valence-corrected chi connectivity index (χ1v) is 8.99. The number of carbonyl (C=O) groups excluding carboxylic acids is 1. The van der Waals surface area contributed by atoms with Crippen molar-refractivity contribution in [3.8, 4) is 0 Å². The predicted molar refractivity (Wildman–Crippen MR) is 79.5 cm³/mol. The van der Waals surface area contributed by atoms with Crippen LogP contribution >= 0.6 is 11.3 Å². The molecular weight excluding hydrogens is 280 g/mol. The third-order valence-corrected chi connectivity index (χ3v) is 5.56. The van der Waals surface area contributed by atoms with Gasteiger partial charge in [0.15, 0.2) is 0 Å². The summed E-state index contributed by atoms with van der Waals surface area (Å²) >= 11 is 1.65. The van der Waals surface area contributed by atoms with Crippen molar-refractivity contribution in [1.29, 1.82) is 0 Å². The number of hydrogen-bond donors (Lipinski definition) is 1. The average Bonchev–Trinajstić information content (AvgIpc) is 3.04. The molecule has 1 amide bonds. The molecule has 0 bridgehead atoms. The third-order valence-electron chi connectivity index (χ3n) is 3.35. The molecule has 0 saturated carbocycles. The number of nitrogens with one attached hydrogen (secondary N) is 1. The summed E-state index contributed by atoms with van der Waals surface area (Å²) in [5, 5.41) is 5.39. The van der Waals surface area contributed by atoms with Crippen LogP contribution in [0.25, 0.3) is 0 Å². The van der Waals surface area contributed by atoms with Crippen LogP contribution in [-0.4, -0.2) is 39.1 Å². The molecule has 106 valence electrons. The maximum atomic E-state index is 12.3. The Morgan fingerprint density at radius 1 is 1.47 bits per heavy atom. The Morgan fingerprint density at radius 2 is 2.26 bits per heavy atom. The lowest BCUT2D eigenvalue weighted by molar-refractivity contribution is -0.129. The molecule has 2 rings (SSSR count). The van der Waals surface area contributed by atoms with Gasteiger partial charge in [-0.15, -0.1) is 11.3 Å². The van der Waals surface area contributed by atoms with Gasteiger partial charge in [-0.3, -0.25) is 14.3 Å². The van der Waals surface area contributed by atoms with Crippen LogP contribution in [0.4, 0.5) is 0 Å². The predicted octanol–water partition coefficient (Wildman–Crippen LogP) is 1.73.